The summed E-state index contributed by atoms with van der Waals surface area (Å²) in [6, 6.07) is 8.33. The fraction of sp³-hybridized carbons (Fsp3) is 0.480. The normalized spacial score (nSPS) is 15.2. The molecule has 176 valence electrons. The summed E-state index contributed by atoms with van der Waals surface area (Å²) in [7, 11) is 0. The van der Waals surface area contributed by atoms with Gasteiger partial charge in [-0.3, -0.25) is 14.5 Å². The fourth-order valence-electron chi connectivity index (χ4n) is 4.32. The highest BCUT2D eigenvalue weighted by Crippen LogP contribution is 2.25. The number of aromatic amines is 1. The number of rotatable bonds is 8. The van der Waals surface area contributed by atoms with E-state index in [-0.39, 0.29) is 11.5 Å². The predicted octanol–water partition coefficient (Wildman–Crippen LogP) is 2.99. The number of aryl methyl sites for hydroxylation is 3. The van der Waals surface area contributed by atoms with Crippen LogP contribution in [-0.2, 0) is 24.3 Å². The highest BCUT2D eigenvalue weighted by atomic mass is 32.1. The molecule has 3 aromatic rings. The third-order valence-electron chi connectivity index (χ3n) is 6.58. The van der Waals surface area contributed by atoms with Crippen molar-refractivity contribution >= 4 is 27.5 Å². The molecule has 4 rings (SSSR count). The SMILES string of the molecule is CCN1CCN(Cc2ccccc2CNC(=O)CCc2nc3sc(C)c(C)c3c(=O)[nH]2)CC1. The highest BCUT2D eigenvalue weighted by molar-refractivity contribution is 7.18. The van der Waals surface area contributed by atoms with E-state index in [4.69, 9.17) is 0 Å². The van der Waals surface area contributed by atoms with Crippen LogP contribution in [-0.4, -0.2) is 58.4 Å². The molecule has 1 aromatic carbocycles. The average Bonchev–Trinajstić information content (AvgIpc) is 3.11. The Kier molecular flexibility index (Phi) is 7.57. The maximum Gasteiger partial charge on any atom is 0.259 e. The molecule has 0 aliphatic carbocycles. The predicted molar refractivity (Wildman–Crippen MR) is 134 cm³/mol. The van der Waals surface area contributed by atoms with Crippen molar-refractivity contribution in [2.75, 3.05) is 32.7 Å². The van der Waals surface area contributed by atoms with E-state index in [1.165, 1.54) is 16.9 Å². The van der Waals surface area contributed by atoms with Crippen molar-refractivity contribution in [1.29, 1.82) is 0 Å². The molecule has 1 aliphatic rings. The molecule has 3 heterocycles. The molecule has 0 radical (unpaired) electrons. The minimum Gasteiger partial charge on any atom is -0.352 e. The summed E-state index contributed by atoms with van der Waals surface area (Å²) in [5.41, 5.74) is 3.29. The average molecular weight is 468 g/mol. The van der Waals surface area contributed by atoms with Gasteiger partial charge in [-0.15, -0.1) is 11.3 Å². The third kappa shape index (κ3) is 5.69. The third-order valence-corrected chi connectivity index (χ3v) is 7.68. The second kappa shape index (κ2) is 10.6. The van der Waals surface area contributed by atoms with Gasteiger partial charge in [-0.1, -0.05) is 31.2 Å². The van der Waals surface area contributed by atoms with Gasteiger partial charge in [0.05, 0.1) is 5.39 Å². The molecule has 1 amide bonds. The molecule has 0 atom stereocenters. The molecule has 0 saturated carbocycles. The quantitative estimate of drug-likeness (QED) is 0.532. The number of H-pyrrole nitrogens is 1. The minimum atomic E-state index is -0.119. The number of benzene rings is 1. The molecular weight excluding hydrogens is 434 g/mol. The molecule has 0 bridgehead atoms. The van der Waals surface area contributed by atoms with Gasteiger partial charge >= 0.3 is 0 Å². The Hall–Kier alpha value is -2.55. The topological polar surface area (TPSA) is 81.3 Å². The van der Waals surface area contributed by atoms with Crippen molar-refractivity contribution in [2.45, 2.75) is 46.7 Å². The van der Waals surface area contributed by atoms with Gasteiger partial charge in [0.15, 0.2) is 0 Å². The van der Waals surface area contributed by atoms with E-state index in [0.717, 1.165) is 60.1 Å². The number of nitrogens with one attached hydrogen (secondary N) is 2. The second-order valence-corrected chi connectivity index (χ2v) is 9.94. The van der Waals surface area contributed by atoms with Gasteiger partial charge in [-0.2, -0.15) is 0 Å². The zero-order chi connectivity index (χ0) is 23.4. The molecule has 2 N–H and O–H groups in total. The van der Waals surface area contributed by atoms with Gasteiger partial charge in [-0.25, -0.2) is 4.98 Å². The van der Waals surface area contributed by atoms with Crippen LogP contribution < -0.4 is 10.9 Å². The Bertz CT molecular complexity index is 1180. The molecule has 2 aromatic heterocycles. The van der Waals surface area contributed by atoms with Crippen molar-refractivity contribution in [1.82, 2.24) is 25.1 Å². The Morgan fingerprint density at radius 2 is 1.82 bits per heavy atom. The monoisotopic (exact) mass is 467 g/mol. The smallest absolute Gasteiger partial charge is 0.259 e. The van der Waals surface area contributed by atoms with Crippen LogP contribution >= 0.6 is 11.3 Å². The Labute approximate surface area is 198 Å². The number of carbonyl (C=O) groups excluding carboxylic acids is 1. The first-order valence-corrected chi connectivity index (χ1v) is 12.5. The Morgan fingerprint density at radius 3 is 2.55 bits per heavy atom. The number of carbonyl (C=O) groups is 1. The minimum absolute atomic E-state index is 0.0392. The molecule has 33 heavy (non-hydrogen) atoms. The van der Waals surface area contributed by atoms with E-state index in [9.17, 15) is 9.59 Å². The highest BCUT2D eigenvalue weighted by Gasteiger charge is 2.17. The van der Waals surface area contributed by atoms with Crippen molar-refractivity contribution in [3.63, 3.8) is 0 Å². The number of aromatic nitrogens is 2. The molecule has 7 nitrogen and oxygen atoms in total. The summed E-state index contributed by atoms with van der Waals surface area (Å²) in [6.07, 6.45) is 0.704. The lowest BCUT2D eigenvalue weighted by Crippen LogP contribution is -2.45. The van der Waals surface area contributed by atoms with Gasteiger partial charge in [0.25, 0.3) is 5.56 Å². The Balaban J connectivity index is 1.31. The van der Waals surface area contributed by atoms with Crippen molar-refractivity contribution in [3.05, 3.63) is 62.0 Å². The molecule has 8 heteroatoms. The zero-order valence-corrected chi connectivity index (χ0v) is 20.6. The number of fused-ring (bicyclic) bond motifs is 1. The maximum atomic E-state index is 12.5. The molecule has 0 spiro atoms. The van der Waals surface area contributed by atoms with Gasteiger partial charge in [0.1, 0.15) is 10.7 Å². The molecule has 1 aliphatic heterocycles. The first-order chi connectivity index (χ1) is 15.9. The van der Waals surface area contributed by atoms with E-state index in [2.05, 4.69) is 50.2 Å². The van der Waals surface area contributed by atoms with Crippen LogP contribution in [0.4, 0.5) is 0 Å². The molecule has 1 saturated heterocycles. The second-order valence-electron chi connectivity index (χ2n) is 8.73. The van der Waals surface area contributed by atoms with Gasteiger partial charge in [0, 0.05) is 57.0 Å². The van der Waals surface area contributed by atoms with Crippen molar-refractivity contribution in [2.24, 2.45) is 0 Å². The number of hydrogen-bond acceptors (Lipinski definition) is 6. The van der Waals surface area contributed by atoms with Crippen LogP contribution in [0.3, 0.4) is 0 Å². The number of hydrogen-bond donors (Lipinski definition) is 2. The summed E-state index contributed by atoms with van der Waals surface area (Å²) < 4.78 is 0. The van der Waals surface area contributed by atoms with Gasteiger partial charge in [0.2, 0.25) is 5.91 Å². The fourth-order valence-corrected chi connectivity index (χ4v) is 5.37. The van der Waals surface area contributed by atoms with E-state index >= 15 is 0 Å². The van der Waals surface area contributed by atoms with Crippen LogP contribution in [0.25, 0.3) is 10.2 Å². The number of amides is 1. The number of likely N-dealkylation sites (N-methyl/N-ethyl adjacent to an activating group) is 1. The van der Waals surface area contributed by atoms with Gasteiger partial charge < -0.3 is 15.2 Å². The summed E-state index contributed by atoms with van der Waals surface area (Å²) in [4.78, 5) is 39.2. The van der Waals surface area contributed by atoms with E-state index < -0.39 is 0 Å². The van der Waals surface area contributed by atoms with Crippen LogP contribution in [0.5, 0.6) is 0 Å². The number of thiophene rings is 1. The summed E-state index contributed by atoms with van der Waals surface area (Å²) in [6.45, 7) is 13.1. The summed E-state index contributed by atoms with van der Waals surface area (Å²) in [5.74, 6) is 0.526. The van der Waals surface area contributed by atoms with Crippen molar-refractivity contribution in [3.8, 4) is 0 Å². The number of piperazine rings is 1. The lowest BCUT2D eigenvalue weighted by atomic mass is 10.1. The van der Waals surface area contributed by atoms with Gasteiger partial charge in [-0.05, 0) is 37.1 Å². The number of nitrogens with zero attached hydrogens (tertiary/aromatic N) is 3. The van der Waals surface area contributed by atoms with Crippen LogP contribution in [0.15, 0.2) is 29.1 Å². The van der Waals surface area contributed by atoms with E-state index in [1.54, 1.807) is 0 Å². The van der Waals surface area contributed by atoms with Crippen LogP contribution in [0, 0.1) is 13.8 Å². The first-order valence-electron chi connectivity index (χ1n) is 11.7. The molecule has 1 fully saturated rings. The molecule has 0 unspecified atom stereocenters. The van der Waals surface area contributed by atoms with E-state index in [0.29, 0.717) is 30.6 Å². The standard InChI is InChI=1S/C25H33N5O2S/c1-4-29-11-13-30(14-12-29)16-20-8-6-5-7-19(20)15-26-22(31)10-9-21-27-24(32)23-17(2)18(3)33-25(23)28-21/h5-8H,4,9-16H2,1-3H3,(H,26,31)(H,27,28,32). The van der Waals surface area contributed by atoms with Crippen molar-refractivity contribution < 1.29 is 4.79 Å². The van der Waals surface area contributed by atoms with E-state index in [1.807, 2.05) is 19.9 Å². The molecular formula is C25H33N5O2S. The van der Waals surface area contributed by atoms with Crippen LogP contribution in [0.1, 0.15) is 40.7 Å². The first kappa shape index (κ1) is 23.6. The lowest BCUT2D eigenvalue weighted by Gasteiger charge is -2.34. The maximum absolute atomic E-state index is 12.5. The van der Waals surface area contributed by atoms with Crippen LogP contribution in [0.2, 0.25) is 0 Å². The largest absolute Gasteiger partial charge is 0.352 e. The Morgan fingerprint density at radius 1 is 1.12 bits per heavy atom. The summed E-state index contributed by atoms with van der Waals surface area (Å²) in [5, 5.41) is 3.71. The zero-order valence-electron chi connectivity index (χ0n) is 19.7. The summed E-state index contributed by atoms with van der Waals surface area (Å²) >= 11 is 1.53. The lowest BCUT2D eigenvalue weighted by molar-refractivity contribution is -0.121.